The number of ether oxygens (including phenoxy) is 1. The van der Waals surface area contributed by atoms with Gasteiger partial charge in [-0.2, -0.15) is 0 Å². The maximum Gasteiger partial charge on any atom is 0.226 e. The molecule has 1 saturated heterocycles. The molecule has 2 rings (SSSR count). The highest BCUT2D eigenvalue weighted by Crippen LogP contribution is 2.23. The van der Waals surface area contributed by atoms with Crippen LogP contribution in [0.2, 0.25) is 0 Å². The van der Waals surface area contributed by atoms with E-state index >= 15 is 0 Å². The van der Waals surface area contributed by atoms with E-state index in [1.54, 1.807) is 11.3 Å². The number of hydrogen-bond acceptors (Lipinski definition) is 3. The van der Waals surface area contributed by atoms with Gasteiger partial charge in [0.05, 0.1) is 22.4 Å². The first-order chi connectivity index (χ1) is 7.66. The minimum Gasteiger partial charge on any atom is -0.378 e. The monoisotopic (exact) mass is 303 g/mol. The lowest BCUT2D eigenvalue weighted by Crippen LogP contribution is -2.33. The van der Waals surface area contributed by atoms with Crippen molar-refractivity contribution in [1.29, 1.82) is 0 Å². The average molecular weight is 304 g/mol. The summed E-state index contributed by atoms with van der Waals surface area (Å²) >= 11 is 5.04. The van der Waals surface area contributed by atoms with Crippen LogP contribution in [0.4, 0.5) is 0 Å². The fraction of sp³-hybridized carbons (Fsp3) is 0.545. The van der Waals surface area contributed by atoms with Gasteiger partial charge in [-0.25, -0.2) is 0 Å². The molecule has 1 aromatic rings. The van der Waals surface area contributed by atoms with E-state index in [2.05, 4.69) is 21.2 Å². The second-order valence-corrected chi connectivity index (χ2v) is 6.44. The summed E-state index contributed by atoms with van der Waals surface area (Å²) < 4.78 is 6.47. The van der Waals surface area contributed by atoms with Crippen LogP contribution in [0, 0.1) is 5.92 Å². The van der Waals surface area contributed by atoms with Gasteiger partial charge in [0, 0.05) is 11.5 Å². The van der Waals surface area contributed by atoms with Crippen molar-refractivity contribution >= 4 is 33.2 Å². The van der Waals surface area contributed by atoms with Gasteiger partial charge in [0.2, 0.25) is 5.91 Å². The topological polar surface area (TPSA) is 38.3 Å². The van der Waals surface area contributed by atoms with Crippen molar-refractivity contribution in [2.45, 2.75) is 26.0 Å². The van der Waals surface area contributed by atoms with Crippen LogP contribution in [0.3, 0.4) is 0 Å². The molecule has 3 nitrogen and oxygen atoms in total. The predicted octanol–water partition coefficient (Wildman–Crippen LogP) is 2.55. The third-order valence-corrected chi connectivity index (χ3v) is 4.40. The summed E-state index contributed by atoms with van der Waals surface area (Å²) in [7, 11) is 0. The Balaban J connectivity index is 1.83. The molecule has 0 radical (unpaired) electrons. The maximum atomic E-state index is 11.8. The first-order valence-electron chi connectivity index (χ1n) is 5.30. The Hall–Kier alpha value is -0.390. The van der Waals surface area contributed by atoms with Crippen LogP contribution >= 0.6 is 27.3 Å². The molecule has 1 N–H and O–H groups in total. The standard InChI is InChI=1S/C11H14BrNO2S/c1-7-9(4-5-15-7)11(14)13-6-8-2-3-10(12)16-8/h2-3,7,9H,4-6H2,1H3,(H,13,14). The molecule has 2 heterocycles. The summed E-state index contributed by atoms with van der Waals surface area (Å²) in [6, 6.07) is 4.01. The maximum absolute atomic E-state index is 11.8. The third kappa shape index (κ3) is 2.84. The second-order valence-electron chi connectivity index (χ2n) is 3.89. The SMILES string of the molecule is CC1OCCC1C(=O)NCc1ccc(Br)s1. The number of amides is 1. The van der Waals surface area contributed by atoms with Gasteiger partial charge in [-0.15, -0.1) is 11.3 Å². The Labute approximate surface area is 107 Å². The van der Waals surface area contributed by atoms with Crippen molar-refractivity contribution in [1.82, 2.24) is 5.32 Å². The fourth-order valence-corrected chi connectivity index (χ4v) is 3.25. The summed E-state index contributed by atoms with van der Waals surface area (Å²) in [5.74, 6) is 0.123. The molecule has 0 aromatic carbocycles. The molecular weight excluding hydrogens is 290 g/mol. The fourth-order valence-electron chi connectivity index (χ4n) is 1.83. The van der Waals surface area contributed by atoms with Crippen molar-refractivity contribution in [2.24, 2.45) is 5.92 Å². The van der Waals surface area contributed by atoms with Crippen molar-refractivity contribution in [2.75, 3.05) is 6.61 Å². The zero-order valence-corrected chi connectivity index (χ0v) is 11.4. The molecule has 1 aliphatic rings. The quantitative estimate of drug-likeness (QED) is 0.932. The van der Waals surface area contributed by atoms with Gasteiger partial charge in [0.15, 0.2) is 0 Å². The van der Waals surface area contributed by atoms with E-state index in [0.29, 0.717) is 13.2 Å². The zero-order chi connectivity index (χ0) is 11.5. The summed E-state index contributed by atoms with van der Waals surface area (Å²) in [6.45, 7) is 3.26. The van der Waals surface area contributed by atoms with Gasteiger partial charge < -0.3 is 10.1 Å². The highest BCUT2D eigenvalue weighted by molar-refractivity contribution is 9.11. The molecule has 16 heavy (non-hydrogen) atoms. The van der Waals surface area contributed by atoms with E-state index in [4.69, 9.17) is 4.74 Å². The average Bonchev–Trinajstić information content (AvgIpc) is 2.84. The molecule has 0 saturated carbocycles. The number of carbonyl (C=O) groups excluding carboxylic acids is 1. The van der Waals surface area contributed by atoms with Crippen molar-refractivity contribution < 1.29 is 9.53 Å². The molecule has 2 unspecified atom stereocenters. The van der Waals surface area contributed by atoms with E-state index in [1.165, 1.54) is 0 Å². The van der Waals surface area contributed by atoms with Crippen LogP contribution in [0.25, 0.3) is 0 Å². The molecule has 0 bridgehead atoms. The summed E-state index contributed by atoms with van der Waals surface area (Å²) in [5, 5.41) is 2.96. The molecule has 0 aliphatic carbocycles. The Morgan fingerprint density at radius 2 is 2.50 bits per heavy atom. The van der Waals surface area contributed by atoms with Crippen LogP contribution in [0.15, 0.2) is 15.9 Å². The van der Waals surface area contributed by atoms with Crippen molar-refractivity contribution in [3.05, 3.63) is 20.8 Å². The predicted molar refractivity (Wildman–Crippen MR) is 67.4 cm³/mol. The number of rotatable bonds is 3. The molecule has 1 aromatic heterocycles. The molecule has 88 valence electrons. The minimum absolute atomic E-state index is 0.0170. The summed E-state index contributed by atoms with van der Waals surface area (Å²) in [5.41, 5.74) is 0. The molecule has 1 amide bonds. The van der Waals surface area contributed by atoms with Gasteiger partial charge in [0.25, 0.3) is 0 Å². The Kier molecular flexibility index (Phi) is 4.00. The van der Waals surface area contributed by atoms with Crippen LogP contribution in [-0.2, 0) is 16.1 Å². The number of halogens is 1. The molecule has 1 fully saturated rings. The Bertz CT molecular complexity index is 380. The highest BCUT2D eigenvalue weighted by Gasteiger charge is 2.30. The third-order valence-electron chi connectivity index (χ3n) is 2.78. The zero-order valence-electron chi connectivity index (χ0n) is 9.03. The van der Waals surface area contributed by atoms with E-state index in [0.717, 1.165) is 15.1 Å². The first kappa shape index (κ1) is 12.1. The van der Waals surface area contributed by atoms with Crippen molar-refractivity contribution in [3.8, 4) is 0 Å². The normalized spacial score (nSPS) is 24.6. The number of thiophene rings is 1. The highest BCUT2D eigenvalue weighted by atomic mass is 79.9. The lowest BCUT2D eigenvalue weighted by molar-refractivity contribution is -0.126. The van der Waals surface area contributed by atoms with Crippen LogP contribution in [-0.4, -0.2) is 18.6 Å². The second kappa shape index (κ2) is 5.29. The van der Waals surface area contributed by atoms with Crippen molar-refractivity contribution in [3.63, 3.8) is 0 Å². The van der Waals surface area contributed by atoms with E-state index in [1.807, 2.05) is 19.1 Å². The smallest absolute Gasteiger partial charge is 0.226 e. The van der Waals surface area contributed by atoms with E-state index in [-0.39, 0.29) is 17.9 Å². The minimum atomic E-state index is 0.0170. The first-order valence-corrected chi connectivity index (χ1v) is 6.91. The van der Waals surface area contributed by atoms with Crippen LogP contribution in [0.1, 0.15) is 18.2 Å². The van der Waals surface area contributed by atoms with Gasteiger partial charge in [0.1, 0.15) is 0 Å². The molecule has 1 aliphatic heterocycles. The largest absolute Gasteiger partial charge is 0.378 e. The summed E-state index contributed by atoms with van der Waals surface area (Å²) in [4.78, 5) is 13.0. The number of hydrogen-bond donors (Lipinski definition) is 1. The molecular formula is C11H14BrNO2S. The lowest BCUT2D eigenvalue weighted by Gasteiger charge is -2.13. The van der Waals surface area contributed by atoms with E-state index < -0.39 is 0 Å². The van der Waals surface area contributed by atoms with Gasteiger partial charge >= 0.3 is 0 Å². The Morgan fingerprint density at radius 1 is 1.69 bits per heavy atom. The van der Waals surface area contributed by atoms with Gasteiger partial charge in [-0.1, -0.05) is 0 Å². The molecule has 0 spiro atoms. The van der Waals surface area contributed by atoms with Crippen LogP contribution in [0.5, 0.6) is 0 Å². The number of nitrogens with one attached hydrogen (secondary N) is 1. The molecule has 5 heteroatoms. The number of carbonyl (C=O) groups is 1. The van der Waals surface area contributed by atoms with Gasteiger partial charge in [-0.05, 0) is 41.4 Å². The molecule has 2 atom stereocenters. The van der Waals surface area contributed by atoms with Gasteiger partial charge in [-0.3, -0.25) is 4.79 Å². The lowest BCUT2D eigenvalue weighted by atomic mass is 10.0. The van der Waals surface area contributed by atoms with E-state index in [9.17, 15) is 4.79 Å². The summed E-state index contributed by atoms with van der Waals surface area (Å²) in [6.07, 6.45) is 0.885. The Morgan fingerprint density at radius 3 is 3.06 bits per heavy atom. The van der Waals surface area contributed by atoms with Crippen LogP contribution < -0.4 is 5.32 Å².